The van der Waals surface area contributed by atoms with Gasteiger partial charge in [0.25, 0.3) is 0 Å². The molecule has 0 bridgehead atoms. The fourth-order valence-corrected chi connectivity index (χ4v) is 2.19. The largest absolute Gasteiger partial charge is 0.496 e. The zero-order valence-electron chi connectivity index (χ0n) is 11.8. The van der Waals surface area contributed by atoms with Gasteiger partial charge in [-0.1, -0.05) is 6.07 Å². The lowest BCUT2D eigenvalue weighted by molar-refractivity contribution is 0.0697. The molecule has 5 nitrogen and oxygen atoms in total. The number of ether oxygens (including phenoxy) is 2. The van der Waals surface area contributed by atoms with Gasteiger partial charge in [-0.2, -0.15) is 0 Å². The van der Waals surface area contributed by atoms with Crippen LogP contribution in [0.4, 0.5) is 0 Å². The monoisotopic (exact) mass is 295 g/mol. The second-order valence-electron chi connectivity index (χ2n) is 4.60. The van der Waals surface area contributed by atoms with Crippen molar-refractivity contribution in [2.24, 2.45) is 0 Å². The predicted molar refractivity (Wildman–Crippen MR) is 81.8 cm³/mol. The molecule has 110 valence electrons. The number of fused-ring (bicyclic) bond motifs is 1. The van der Waals surface area contributed by atoms with Crippen LogP contribution in [0.25, 0.3) is 10.8 Å². The van der Waals surface area contributed by atoms with E-state index in [4.69, 9.17) is 14.6 Å². The van der Waals surface area contributed by atoms with E-state index in [-0.39, 0.29) is 5.56 Å². The van der Waals surface area contributed by atoms with Crippen LogP contribution >= 0.6 is 0 Å². The molecule has 1 heterocycles. The standard InChI is InChI=1S/C17H13NO4/c1-21-15-4-2-3-14-13(15)9-10-18-16(14)22-12-7-5-11(6-8-12)17(19)20/h2-10H,1H3,(H,19,20). The van der Waals surface area contributed by atoms with Gasteiger partial charge in [0.1, 0.15) is 11.5 Å². The summed E-state index contributed by atoms with van der Waals surface area (Å²) >= 11 is 0. The summed E-state index contributed by atoms with van der Waals surface area (Å²) in [7, 11) is 1.61. The number of hydrogen-bond donors (Lipinski definition) is 1. The summed E-state index contributed by atoms with van der Waals surface area (Å²) < 4.78 is 11.1. The first-order valence-electron chi connectivity index (χ1n) is 6.62. The van der Waals surface area contributed by atoms with Crippen molar-refractivity contribution in [2.75, 3.05) is 7.11 Å². The minimum Gasteiger partial charge on any atom is -0.496 e. The quantitative estimate of drug-likeness (QED) is 0.794. The van der Waals surface area contributed by atoms with E-state index in [1.54, 1.807) is 25.4 Å². The third-order valence-corrected chi connectivity index (χ3v) is 3.27. The van der Waals surface area contributed by atoms with Gasteiger partial charge in [-0.05, 0) is 42.5 Å². The molecule has 3 rings (SSSR count). The second-order valence-corrected chi connectivity index (χ2v) is 4.60. The van der Waals surface area contributed by atoms with Crippen molar-refractivity contribution >= 4 is 16.7 Å². The maximum absolute atomic E-state index is 10.8. The van der Waals surface area contributed by atoms with E-state index < -0.39 is 5.97 Å². The lowest BCUT2D eigenvalue weighted by atomic mass is 10.1. The summed E-state index contributed by atoms with van der Waals surface area (Å²) in [4.78, 5) is 15.1. The molecular formula is C17H13NO4. The van der Waals surface area contributed by atoms with Gasteiger partial charge in [-0.15, -0.1) is 0 Å². The molecule has 0 unspecified atom stereocenters. The highest BCUT2D eigenvalue weighted by molar-refractivity contribution is 5.92. The van der Waals surface area contributed by atoms with E-state index >= 15 is 0 Å². The summed E-state index contributed by atoms with van der Waals surface area (Å²) in [5.41, 5.74) is 0.208. The van der Waals surface area contributed by atoms with E-state index in [9.17, 15) is 4.79 Å². The van der Waals surface area contributed by atoms with Crippen molar-refractivity contribution in [3.63, 3.8) is 0 Å². The molecule has 5 heteroatoms. The zero-order chi connectivity index (χ0) is 15.5. The molecule has 0 aliphatic heterocycles. The van der Waals surface area contributed by atoms with Crippen molar-refractivity contribution < 1.29 is 19.4 Å². The molecule has 0 saturated carbocycles. The highest BCUT2D eigenvalue weighted by Crippen LogP contribution is 2.32. The lowest BCUT2D eigenvalue weighted by Gasteiger charge is -2.10. The maximum Gasteiger partial charge on any atom is 0.335 e. The molecule has 22 heavy (non-hydrogen) atoms. The van der Waals surface area contributed by atoms with Crippen LogP contribution in [-0.2, 0) is 0 Å². The van der Waals surface area contributed by atoms with Crippen molar-refractivity contribution in [1.29, 1.82) is 0 Å². The molecule has 0 atom stereocenters. The van der Waals surface area contributed by atoms with Gasteiger partial charge in [-0.3, -0.25) is 0 Å². The molecule has 2 aromatic carbocycles. The average Bonchev–Trinajstić information content (AvgIpc) is 2.55. The molecule has 0 radical (unpaired) electrons. The Balaban J connectivity index is 1.98. The van der Waals surface area contributed by atoms with E-state index in [0.29, 0.717) is 11.6 Å². The van der Waals surface area contributed by atoms with Crippen molar-refractivity contribution in [3.8, 4) is 17.4 Å². The van der Waals surface area contributed by atoms with E-state index in [1.807, 2.05) is 24.3 Å². The number of benzene rings is 2. The summed E-state index contributed by atoms with van der Waals surface area (Å²) in [5, 5.41) is 10.6. The van der Waals surface area contributed by atoms with Crippen LogP contribution in [0.5, 0.6) is 17.4 Å². The van der Waals surface area contributed by atoms with Crippen molar-refractivity contribution in [3.05, 3.63) is 60.3 Å². The number of rotatable bonds is 4. The van der Waals surface area contributed by atoms with Crippen LogP contribution in [0.1, 0.15) is 10.4 Å². The van der Waals surface area contributed by atoms with E-state index in [0.717, 1.165) is 16.5 Å². The van der Waals surface area contributed by atoms with Crippen LogP contribution < -0.4 is 9.47 Å². The summed E-state index contributed by atoms with van der Waals surface area (Å²) in [6.07, 6.45) is 1.64. The van der Waals surface area contributed by atoms with Crippen LogP contribution in [-0.4, -0.2) is 23.2 Å². The average molecular weight is 295 g/mol. The number of carboxylic acids is 1. The van der Waals surface area contributed by atoms with Crippen LogP contribution in [0.15, 0.2) is 54.7 Å². The van der Waals surface area contributed by atoms with Crippen molar-refractivity contribution in [2.45, 2.75) is 0 Å². The Bertz CT molecular complexity index is 828. The SMILES string of the molecule is COc1cccc2c(Oc3ccc(C(=O)O)cc3)nccc12. The number of pyridine rings is 1. The number of carboxylic acid groups (broad SMARTS) is 1. The third-order valence-electron chi connectivity index (χ3n) is 3.27. The van der Waals surface area contributed by atoms with Gasteiger partial charge in [-0.25, -0.2) is 9.78 Å². The zero-order valence-corrected chi connectivity index (χ0v) is 11.8. The van der Waals surface area contributed by atoms with E-state index in [2.05, 4.69) is 4.98 Å². The Kier molecular flexibility index (Phi) is 3.62. The fraction of sp³-hybridized carbons (Fsp3) is 0.0588. The van der Waals surface area contributed by atoms with Crippen LogP contribution in [0, 0.1) is 0 Å². The Morgan fingerprint density at radius 2 is 1.82 bits per heavy atom. The molecule has 0 spiro atoms. The Hall–Kier alpha value is -3.08. The molecule has 1 N–H and O–H groups in total. The summed E-state index contributed by atoms with van der Waals surface area (Å²) in [6, 6.07) is 13.7. The highest BCUT2D eigenvalue weighted by atomic mass is 16.5. The number of hydrogen-bond acceptors (Lipinski definition) is 4. The molecule has 0 saturated heterocycles. The van der Waals surface area contributed by atoms with E-state index in [1.165, 1.54) is 12.1 Å². The van der Waals surface area contributed by atoms with Crippen LogP contribution in [0.2, 0.25) is 0 Å². The molecule has 0 aliphatic carbocycles. The van der Waals surface area contributed by atoms with Gasteiger partial charge in [0.2, 0.25) is 5.88 Å². The minimum absolute atomic E-state index is 0.208. The first-order chi connectivity index (χ1) is 10.7. The minimum atomic E-state index is -0.973. The van der Waals surface area contributed by atoms with Gasteiger partial charge in [0.15, 0.2) is 0 Å². The molecule has 1 aromatic heterocycles. The predicted octanol–water partition coefficient (Wildman–Crippen LogP) is 3.73. The first-order valence-corrected chi connectivity index (χ1v) is 6.62. The van der Waals surface area contributed by atoms with Gasteiger partial charge < -0.3 is 14.6 Å². The molecular weight excluding hydrogens is 282 g/mol. The lowest BCUT2D eigenvalue weighted by Crippen LogP contribution is -1.96. The smallest absolute Gasteiger partial charge is 0.335 e. The molecule has 3 aromatic rings. The number of carbonyl (C=O) groups is 1. The number of nitrogens with zero attached hydrogens (tertiary/aromatic N) is 1. The van der Waals surface area contributed by atoms with Gasteiger partial charge >= 0.3 is 5.97 Å². The first kappa shape index (κ1) is 13.9. The molecule has 0 amide bonds. The van der Waals surface area contributed by atoms with Gasteiger partial charge in [0, 0.05) is 17.0 Å². The Labute approximate surface area is 126 Å². The summed E-state index contributed by atoms with van der Waals surface area (Å²) in [5.74, 6) is 0.734. The third kappa shape index (κ3) is 2.56. The van der Waals surface area contributed by atoms with Gasteiger partial charge in [0.05, 0.1) is 12.7 Å². The second kappa shape index (κ2) is 5.73. The molecule has 0 aliphatic rings. The number of aromatic carboxylic acids is 1. The fourth-order valence-electron chi connectivity index (χ4n) is 2.19. The maximum atomic E-state index is 10.8. The number of aromatic nitrogens is 1. The Morgan fingerprint density at radius 3 is 2.50 bits per heavy atom. The van der Waals surface area contributed by atoms with Crippen LogP contribution in [0.3, 0.4) is 0 Å². The molecule has 0 fully saturated rings. The van der Waals surface area contributed by atoms with Crippen molar-refractivity contribution in [1.82, 2.24) is 4.98 Å². The summed E-state index contributed by atoms with van der Waals surface area (Å²) in [6.45, 7) is 0. The highest BCUT2D eigenvalue weighted by Gasteiger charge is 2.09. The normalized spacial score (nSPS) is 10.4. The topological polar surface area (TPSA) is 68.7 Å². The number of methoxy groups -OCH3 is 1. The Morgan fingerprint density at radius 1 is 1.05 bits per heavy atom.